The van der Waals surface area contributed by atoms with Crippen molar-refractivity contribution < 1.29 is 4.74 Å². The zero-order valence-corrected chi connectivity index (χ0v) is 7.98. The van der Waals surface area contributed by atoms with Crippen molar-refractivity contribution in [1.29, 1.82) is 0 Å². The highest BCUT2D eigenvalue weighted by atomic mass is 35.5. The van der Waals surface area contributed by atoms with Crippen LogP contribution in [0.5, 0.6) is 0 Å². The molecule has 1 aliphatic heterocycles. The monoisotopic (exact) mass is 194 g/mol. The maximum Gasteiger partial charge on any atom is 0.194 e. The highest BCUT2D eigenvalue weighted by Gasteiger charge is 2.10. The van der Waals surface area contributed by atoms with E-state index in [9.17, 15) is 0 Å². The fourth-order valence-electron chi connectivity index (χ4n) is 1.28. The molecule has 0 atom stereocenters. The molecule has 0 saturated heterocycles. The van der Waals surface area contributed by atoms with Gasteiger partial charge in [-0.15, -0.1) is 0 Å². The Bertz CT molecular complexity index is 360. The van der Waals surface area contributed by atoms with Crippen LogP contribution in [0.2, 0.25) is 5.02 Å². The number of hydrogen-bond donors (Lipinski definition) is 1. The molecule has 0 aromatic heterocycles. The van der Waals surface area contributed by atoms with E-state index in [0.717, 1.165) is 17.1 Å². The van der Waals surface area contributed by atoms with Gasteiger partial charge in [0, 0.05) is 23.2 Å². The minimum atomic E-state index is 0.662. The van der Waals surface area contributed by atoms with Gasteiger partial charge in [0.05, 0.1) is 7.11 Å². The van der Waals surface area contributed by atoms with Crippen molar-refractivity contribution in [2.75, 3.05) is 12.4 Å². The lowest BCUT2D eigenvalue weighted by Crippen LogP contribution is -2.09. The lowest BCUT2D eigenvalue weighted by molar-refractivity contribution is 0.292. The summed E-state index contributed by atoms with van der Waals surface area (Å²) in [4.78, 5) is 0. The minimum absolute atomic E-state index is 0.662. The molecule has 1 heterocycles. The van der Waals surface area contributed by atoms with Crippen LogP contribution in [0.3, 0.4) is 0 Å². The normalized spacial score (nSPS) is 14.2. The summed E-state index contributed by atoms with van der Waals surface area (Å²) in [5.41, 5.74) is 2.19. The zero-order valence-electron chi connectivity index (χ0n) is 7.23. The molecule has 0 bridgehead atoms. The van der Waals surface area contributed by atoms with Crippen molar-refractivity contribution in [3.63, 3.8) is 0 Å². The van der Waals surface area contributed by atoms with Crippen LogP contribution < -0.4 is 5.32 Å². The van der Waals surface area contributed by atoms with Crippen LogP contribution >= 0.6 is 11.6 Å². The first kappa shape index (κ1) is 8.45. The van der Waals surface area contributed by atoms with Crippen LogP contribution in [0.1, 0.15) is 5.56 Å². The van der Waals surface area contributed by atoms with Crippen LogP contribution in [0.4, 0.5) is 5.69 Å². The number of rotatable bonds is 1. The van der Waals surface area contributed by atoms with Crippen molar-refractivity contribution in [2.24, 2.45) is 0 Å². The van der Waals surface area contributed by atoms with Gasteiger partial charge in [-0.25, -0.2) is 0 Å². The van der Waals surface area contributed by atoms with Crippen LogP contribution in [0, 0.1) is 6.08 Å². The van der Waals surface area contributed by atoms with Crippen molar-refractivity contribution in [3.05, 3.63) is 40.7 Å². The summed E-state index contributed by atoms with van der Waals surface area (Å²) < 4.78 is 5.04. The fraction of sp³-hybridized carbons (Fsp3) is 0.200. The maximum atomic E-state index is 5.86. The standard InChI is InChI=1S/C10H9ClNO/c1-13-10-5-3-7-2-4-8(11)6-9(7)12-10/h2,4,6,12H,3H2,1H3. The lowest BCUT2D eigenvalue weighted by Gasteiger charge is -2.17. The number of allylic oxidation sites excluding steroid dienone is 1. The molecule has 0 fully saturated rings. The van der Waals surface area contributed by atoms with E-state index in [0.29, 0.717) is 5.88 Å². The number of ether oxygens (including phenoxy) is 1. The Morgan fingerprint density at radius 3 is 3.15 bits per heavy atom. The molecule has 0 aliphatic carbocycles. The molecule has 1 aromatic rings. The predicted octanol–water partition coefficient (Wildman–Crippen LogP) is 2.60. The number of nitrogens with one attached hydrogen (secondary N) is 1. The highest BCUT2D eigenvalue weighted by molar-refractivity contribution is 6.30. The van der Waals surface area contributed by atoms with E-state index in [1.165, 1.54) is 5.56 Å². The fourth-order valence-corrected chi connectivity index (χ4v) is 1.46. The van der Waals surface area contributed by atoms with Gasteiger partial charge in [-0.3, -0.25) is 0 Å². The topological polar surface area (TPSA) is 21.3 Å². The summed E-state index contributed by atoms with van der Waals surface area (Å²) >= 11 is 5.86. The summed E-state index contributed by atoms with van der Waals surface area (Å²) in [5.74, 6) is 0.662. The molecule has 2 nitrogen and oxygen atoms in total. The van der Waals surface area contributed by atoms with Crippen molar-refractivity contribution in [3.8, 4) is 0 Å². The predicted molar refractivity (Wildman–Crippen MR) is 52.5 cm³/mol. The SMILES string of the molecule is COC1=[C]Cc2ccc(Cl)cc2N1. The second-order valence-electron chi connectivity index (χ2n) is 2.81. The Morgan fingerprint density at radius 2 is 2.38 bits per heavy atom. The Balaban J connectivity index is 2.34. The molecule has 2 rings (SSSR count). The van der Waals surface area contributed by atoms with E-state index < -0.39 is 0 Å². The van der Waals surface area contributed by atoms with Crippen molar-refractivity contribution >= 4 is 17.3 Å². The third-order valence-corrected chi connectivity index (χ3v) is 2.20. The summed E-state index contributed by atoms with van der Waals surface area (Å²) in [6.45, 7) is 0. The van der Waals surface area contributed by atoms with Gasteiger partial charge in [-0.1, -0.05) is 17.7 Å². The Kier molecular flexibility index (Phi) is 2.15. The van der Waals surface area contributed by atoms with Gasteiger partial charge in [0.25, 0.3) is 0 Å². The summed E-state index contributed by atoms with van der Waals surface area (Å²) in [6, 6.07) is 5.75. The number of benzene rings is 1. The maximum absolute atomic E-state index is 5.86. The molecule has 1 aliphatic rings. The molecule has 1 N–H and O–H groups in total. The van der Waals surface area contributed by atoms with E-state index in [-0.39, 0.29) is 0 Å². The first-order valence-electron chi connectivity index (χ1n) is 4.00. The van der Waals surface area contributed by atoms with Gasteiger partial charge in [-0.05, 0) is 17.7 Å². The van der Waals surface area contributed by atoms with Gasteiger partial charge < -0.3 is 10.1 Å². The minimum Gasteiger partial charge on any atom is -0.482 e. The second kappa shape index (κ2) is 3.30. The third kappa shape index (κ3) is 1.63. The molecule has 67 valence electrons. The lowest BCUT2D eigenvalue weighted by atomic mass is 10.1. The van der Waals surface area contributed by atoms with E-state index in [4.69, 9.17) is 16.3 Å². The molecule has 1 radical (unpaired) electrons. The zero-order chi connectivity index (χ0) is 9.26. The van der Waals surface area contributed by atoms with E-state index in [2.05, 4.69) is 11.4 Å². The summed E-state index contributed by atoms with van der Waals surface area (Å²) in [6.07, 6.45) is 3.85. The molecule has 0 spiro atoms. The molecule has 0 saturated carbocycles. The van der Waals surface area contributed by atoms with Gasteiger partial charge in [0.15, 0.2) is 5.88 Å². The number of halogens is 1. The van der Waals surface area contributed by atoms with Crippen molar-refractivity contribution in [1.82, 2.24) is 0 Å². The van der Waals surface area contributed by atoms with Crippen LogP contribution in [-0.2, 0) is 11.2 Å². The molecule has 3 heteroatoms. The van der Waals surface area contributed by atoms with Gasteiger partial charge >= 0.3 is 0 Å². The average Bonchev–Trinajstić information content (AvgIpc) is 2.16. The Labute approximate surface area is 82.2 Å². The largest absolute Gasteiger partial charge is 0.482 e. The van der Waals surface area contributed by atoms with Crippen LogP contribution in [-0.4, -0.2) is 7.11 Å². The second-order valence-corrected chi connectivity index (χ2v) is 3.25. The number of hydrogen-bond acceptors (Lipinski definition) is 2. The Hall–Kier alpha value is -1.15. The van der Waals surface area contributed by atoms with Crippen LogP contribution in [0.25, 0.3) is 0 Å². The summed E-state index contributed by atoms with van der Waals surface area (Å²) in [7, 11) is 1.62. The van der Waals surface area contributed by atoms with Crippen molar-refractivity contribution in [2.45, 2.75) is 6.42 Å². The number of methoxy groups -OCH3 is 1. The van der Waals surface area contributed by atoms with Crippen LogP contribution in [0.15, 0.2) is 24.1 Å². The third-order valence-electron chi connectivity index (χ3n) is 1.96. The first-order chi connectivity index (χ1) is 6.29. The molecule has 13 heavy (non-hydrogen) atoms. The van der Waals surface area contributed by atoms with Gasteiger partial charge in [0.1, 0.15) is 0 Å². The van der Waals surface area contributed by atoms with E-state index in [1.807, 2.05) is 18.2 Å². The first-order valence-corrected chi connectivity index (χ1v) is 4.37. The molecular formula is C10H9ClNO. The molecule has 0 unspecified atom stereocenters. The molecule has 0 amide bonds. The molecule has 1 aromatic carbocycles. The number of anilines is 1. The smallest absolute Gasteiger partial charge is 0.194 e. The van der Waals surface area contributed by atoms with E-state index in [1.54, 1.807) is 7.11 Å². The molecular weight excluding hydrogens is 186 g/mol. The average molecular weight is 195 g/mol. The van der Waals surface area contributed by atoms with Gasteiger partial charge in [0.2, 0.25) is 0 Å². The van der Waals surface area contributed by atoms with E-state index >= 15 is 0 Å². The number of fused-ring (bicyclic) bond motifs is 1. The Morgan fingerprint density at radius 1 is 1.54 bits per heavy atom. The van der Waals surface area contributed by atoms with Gasteiger partial charge in [-0.2, -0.15) is 0 Å². The quantitative estimate of drug-likeness (QED) is 0.742. The summed E-state index contributed by atoms with van der Waals surface area (Å²) in [5, 5.41) is 3.81. The highest BCUT2D eigenvalue weighted by Crippen LogP contribution is 2.26.